The van der Waals surface area contributed by atoms with Gasteiger partial charge in [0.2, 0.25) is 0 Å². The van der Waals surface area contributed by atoms with E-state index in [4.69, 9.17) is 11.6 Å². The number of aromatic nitrogens is 1. The maximum absolute atomic E-state index is 11.8. The molecule has 0 unspecified atom stereocenters. The zero-order valence-corrected chi connectivity index (χ0v) is 11.2. The molecule has 1 amide bonds. The molecule has 0 saturated heterocycles. The first-order valence-corrected chi connectivity index (χ1v) is 7.04. The minimum atomic E-state index is -0.131. The van der Waals surface area contributed by atoms with Crippen LogP contribution in [0, 0.1) is 5.92 Å². The Labute approximate surface area is 113 Å². The summed E-state index contributed by atoms with van der Waals surface area (Å²) in [6.45, 7) is 0.734. The fraction of sp³-hybridized carbons (Fsp3) is 0.571. The fourth-order valence-electron chi connectivity index (χ4n) is 2.49. The van der Waals surface area contributed by atoms with E-state index in [-0.39, 0.29) is 5.91 Å². The van der Waals surface area contributed by atoms with Gasteiger partial charge in [-0.3, -0.25) is 4.79 Å². The van der Waals surface area contributed by atoms with Crippen molar-refractivity contribution in [1.82, 2.24) is 10.3 Å². The van der Waals surface area contributed by atoms with Gasteiger partial charge in [0.25, 0.3) is 5.91 Å². The van der Waals surface area contributed by atoms with E-state index in [0.717, 1.165) is 18.9 Å². The molecule has 1 aliphatic carbocycles. The molecule has 1 fully saturated rings. The van der Waals surface area contributed by atoms with Gasteiger partial charge in [-0.1, -0.05) is 49.8 Å². The second-order valence-corrected chi connectivity index (χ2v) is 5.28. The van der Waals surface area contributed by atoms with Crippen LogP contribution in [0.1, 0.15) is 49.0 Å². The van der Waals surface area contributed by atoms with Gasteiger partial charge in [0.05, 0.1) is 0 Å². The van der Waals surface area contributed by atoms with E-state index in [1.807, 2.05) is 0 Å². The normalized spacial score (nSPS) is 16.5. The third-order valence-electron chi connectivity index (χ3n) is 3.51. The Kier molecular flexibility index (Phi) is 5.00. The van der Waals surface area contributed by atoms with Crippen molar-refractivity contribution in [2.24, 2.45) is 5.92 Å². The average molecular weight is 267 g/mol. The Hall–Kier alpha value is -1.09. The Morgan fingerprint density at radius 1 is 1.33 bits per heavy atom. The predicted molar refractivity (Wildman–Crippen MR) is 72.8 cm³/mol. The first-order chi connectivity index (χ1) is 8.75. The Bertz CT molecular complexity index is 403. The molecule has 3 nitrogen and oxygen atoms in total. The van der Waals surface area contributed by atoms with Crippen molar-refractivity contribution in [3.05, 3.63) is 29.0 Å². The Balaban J connectivity index is 1.74. The Morgan fingerprint density at radius 2 is 2.11 bits per heavy atom. The van der Waals surface area contributed by atoms with E-state index in [1.165, 1.54) is 32.1 Å². The SMILES string of the molecule is O=C(NCCC1CCCCC1)c1cccc(Cl)n1. The van der Waals surface area contributed by atoms with Crippen LogP contribution in [0.4, 0.5) is 0 Å². The minimum Gasteiger partial charge on any atom is -0.351 e. The zero-order chi connectivity index (χ0) is 12.8. The van der Waals surface area contributed by atoms with Crippen molar-refractivity contribution in [2.45, 2.75) is 38.5 Å². The lowest BCUT2D eigenvalue weighted by Crippen LogP contribution is -2.27. The second-order valence-electron chi connectivity index (χ2n) is 4.89. The van der Waals surface area contributed by atoms with E-state index < -0.39 is 0 Å². The van der Waals surface area contributed by atoms with Crippen LogP contribution in [0.5, 0.6) is 0 Å². The highest BCUT2D eigenvalue weighted by molar-refractivity contribution is 6.29. The summed E-state index contributed by atoms with van der Waals surface area (Å²) in [7, 11) is 0. The molecule has 0 bridgehead atoms. The first kappa shape index (κ1) is 13.3. The summed E-state index contributed by atoms with van der Waals surface area (Å²) in [6, 6.07) is 5.09. The van der Waals surface area contributed by atoms with Gasteiger partial charge in [0, 0.05) is 6.54 Å². The number of nitrogens with zero attached hydrogens (tertiary/aromatic N) is 1. The summed E-state index contributed by atoms with van der Waals surface area (Å²) < 4.78 is 0. The smallest absolute Gasteiger partial charge is 0.269 e. The maximum atomic E-state index is 11.8. The van der Waals surface area contributed by atoms with E-state index in [2.05, 4.69) is 10.3 Å². The summed E-state index contributed by atoms with van der Waals surface area (Å²) in [4.78, 5) is 15.8. The largest absolute Gasteiger partial charge is 0.351 e. The maximum Gasteiger partial charge on any atom is 0.269 e. The van der Waals surface area contributed by atoms with Gasteiger partial charge >= 0.3 is 0 Å². The molecule has 0 radical (unpaired) electrons. The molecule has 1 saturated carbocycles. The van der Waals surface area contributed by atoms with Crippen LogP contribution in [0.2, 0.25) is 5.15 Å². The lowest BCUT2D eigenvalue weighted by Gasteiger charge is -2.21. The number of amides is 1. The monoisotopic (exact) mass is 266 g/mol. The zero-order valence-electron chi connectivity index (χ0n) is 10.5. The molecule has 0 atom stereocenters. The second kappa shape index (κ2) is 6.74. The number of hydrogen-bond donors (Lipinski definition) is 1. The lowest BCUT2D eigenvalue weighted by atomic mass is 9.87. The molecule has 2 rings (SSSR count). The quantitative estimate of drug-likeness (QED) is 0.849. The number of rotatable bonds is 4. The molecule has 18 heavy (non-hydrogen) atoms. The third-order valence-corrected chi connectivity index (χ3v) is 3.72. The summed E-state index contributed by atoms with van der Waals surface area (Å²) in [5.74, 6) is 0.652. The average Bonchev–Trinajstić information content (AvgIpc) is 2.40. The fourth-order valence-corrected chi connectivity index (χ4v) is 2.65. The van der Waals surface area contributed by atoms with Crippen LogP contribution >= 0.6 is 11.6 Å². The molecule has 1 heterocycles. The van der Waals surface area contributed by atoms with Crippen molar-refractivity contribution < 1.29 is 4.79 Å². The van der Waals surface area contributed by atoms with Crippen molar-refractivity contribution in [2.75, 3.05) is 6.54 Å². The number of carbonyl (C=O) groups excluding carboxylic acids is 1. The van der Waals surface area contributed by atoms with Gasteiger partial charge in [-0.2, -0.15) is 0 Å². The molecule has 1 aromatic heterocycles. The summed E-state index contributed by atoms with van der Waals surface area (Å²) in [5, 5.41) is 3.27. The van der Waals surface area contributed by atoms with Gasteiger partial charge in [-0.05, 0) is 24.5 Å². The molecule has 0 aliphatic heterocycles. The highest BCUT2D eigenvalue weighted by Crippen LogP contribution is 2.25. The number of nitrogens with one attached hydrogen (secondary N) is 1. The first-order valence-electron chi connectivity index (χ1n) is 6.66. The summed E-state index contributed by atoms with van der Waals surface area (Å²) >= 11 is 5.75. The van der Waals surface area contributed by atoms with Crippen LogP contribution in [0.25, 0.3) is 0 Å². The number of halogens is 1. The number of hydrogen-bond acceptors (Lipinski definition) is 2. The molecule has 4 heteroatoms. The van der Waals surface area contributed by atoms with E-state index in [1.54, 1.807) is 18.2 Å². The van der Waals surface area contributed by atoms with Crippen LogP contribution in [0.15, 0.2) is 18.2 Å². The Morgan fingerprint density at radius 3 is 2.83 bits per heavy atom. The van der Waals surface area contributed by atoms with Gasteiger partial charge in [-0.15, -0.1) is 0 Å². The number of carbonyl (C=O) groups is 1. The third kappa shape index (κ3) is 3.98. The van der Waals surface area contributed by atoms with Gasteiger partial charge < -0.3 is 5.32 Å². The van der Waals surface area contributed by atoms with Crippen LogP contribution < -0.4 is 5.32 Å². The molecular weight excluding hydrogens is 248 g/mol. The van der Waals surface area contributed by atoms with Gasteiger partial charge in [-0.25, -0.2) is 4.98 Å². The molecule has 98 valence electrons. The summed E-state index contributed by atoms with van der Waals surface area (Å²) in [6.07, 6.45) is 7.75. The van der Waals surface area contributed by atoms with Crippen LogP contribution in [-0.4, -0.2) is 17.4 Å². The van der Waals surface area contributed by atoms with E-state index >= 15 is 0 Å². The van der Waals surface area contributed by atoms with Gasteiger partial charge in [0.15, 0.2) is 0 Å². The van der Waals surface area contributed by atoms with Crippen molar-refractivity contribution >= 4 is 17.5 Å². The molecule has 0 spiro atoms. The van der Waals surface area contributed by atoms with E-state index in [9.17, 15) is 4.79 Å². The van der Waals surface area contributed by atoms with E-state index in [0.29, 0.717) is 10.8 Å². The molecular formula is C14H19ClN2O. The van der Waals surface area contributed by atoms with Crippen molar-refractivity contribution in [1.29, 1.82) is 0 Å². The highest BCUT2D eigenvalue weighted by atomic mass is 35.5. The molecule has 1 N–H and O–H groups in total. The molecule has 0 aromatic carbocycles. The minimum absolute atomic E-state index is 0.131. The lowest BCUT2D eigenvalue weighted by molar-refractivity contribution is 0.0945. The molecule has 1 aliphatic rings. The van der Waals surface area contributed by atoms with Crippen molar-refractivity contribution in [3.8, 4) is 0 Å². The highest BCUT2D eigenvalue weighted by Gasteiger charge is 2.14. The molecule has 1 aromatic rings. The summed E-state index contributed by atoms with van der Waals surface area (Å²) in [5.41, 5.74) is 0.395. The standard InChI is InChI=1S/C14H19ClN2O/c15-13-8-4-7-12(17-13)14(18)16-10-9-11-5-2-1-3-6-11/h4,7-8,11H,1-3,5-6,9-10H2,(H,16,18). The number of pyridine rings is 1. The van der Waals surface area contributed by atoms with Gasteiger partial charge in [0.1, 0.15) is 10.8 Å². The predicted octanol–water partition coefficient (Wildman–Crippen LogP) is 3.44. The van der Waals surface area contributed by atoms with Crippen LogP contribution in [-0.2, 0) is 0 Å². The van der Waals surface area contributed by atoms with Crippen molar-refractivity contribution in [3.63, 3.8) is 0 Å². The topological polar surface area (TPSA) is 42.0 Å². The van der Waals surface area contributed by atoms with Crippen LogP contribution in [0.3, 0.4) is 0 Å².